The van der Waals surface area contributed by atoms with Gasteiger partial charge in [0, 0.05) is 16.6 Å². The van der Waals surface area contributed by atoms with E-state index >= 15 is 0 Å². The van der Waals surface area contributed by atoms with Crippen LogP contribution in [0.4, 0.5) is 10.5 Å². The number of nitrogens with one attached hydrogen (secondary N) is 1. The Hall–Kier alpha value is -1.60. The predicted molar refractivity (Wildman–Crippen MR) is 103 cm³/mol. The van der Waals surface area contributed by atoms with Gasteiger partial charge in [0.05, 0.1) is 24.9 Å². The number of hydrogen-bond donors (Lipinski definition) is 1. The minimum Gasteiger partial charge on any atom is -0.444 e. The molecule has 0 unspecified atom stereocenters. The van der Waals surface area contributed by atoms with Crippen LogP contribution in [0.3, 0.4) is 0 Å². The van der Waals surface area contributed by atoms with Gasteiger partial charge in [-0.2, -0.15) is 0 Å². The van der Waals surface area contributed by atoms with E-state index in [0.717, 1.165) is 34.4 Å². The van der Waals surface area contributed by atoms with E-state index in [0.29, 0.717) is 19.8 Å². The van der Waals surface area contributed by atoms with E-state index in [-0.39, 0.29) is 17.7 Å². The van der Waals surface area contributed by atoms with Crippen molar-refractivity contribution in [2.45, 2.75) is 50.8 Å². The van der Waals surface area contributed by atoms with Gasteiger partial charge in [0.2, 0.25) is 0 Å². The molecule has 3 aliphatic rings. The topological polar surface area (TPSA) is 63.2 Å². The molecule has 26 heavy (non-hydrogen) atoms. The van der Waals surface area contributed by atoms with Crippen molar-refractivity contribution in [3.63, 3.8) is 0 Å². The van der Waals surface area contributed by atoms with Crippen molar-refractivity contribution in [1.29, 1.82) is 0 Å². The molecule has 4 rings (SSSR count). The zero-order chi connectivity index (χ0) is 18.5. The van der Waals surface area contributed by atoms with E-state index in [1.807, 2.05) is 32.9 Å². The number of fused-ring (bicyclic) bond motifs is 2. The summed E-state index contributed by atoms with van der Waals surface area (Å²) in [6.45, 7) is 7.58. The minimum atomic E-state index is -0.507. The number of benzene rings is 1. The summed E-state index contributed by atoms with van der Waals surface area (Å²) >= 11 is 3.53. The number of amidine groups is 1. The molecule has 3 heterocycles. The van der Waals surface area contributed by atoms with Crippen molar-refractivity contribution in [1.82, 2.24) is 10.2 Å². The number of rotatable bonds is 1. The minimum absolute atomic E-state index is 0.0885. The zero-order valence-electron chi connectivity index (χ0n) is 15.3. The highest BCUT2D eigenvalue weighted by molar-refractivity contribution is 9.10. The third-order valence-corrected chi connectivity index (χ3v) is 5.47. The van der Waals surface area contributed by atoms with E-state index in [9.17, 15) is 4.79 Å². The molecule has 2 saturated heterocycles. The van der Waals surface area contributed by atoms with Gasteiger partial charge in [-0.25, -0.2) is 9.79 Å². The lowest BCUT2D eigenvalue weighted by molar-refractivity contribution is -0.0698. The second-order valence-corrected chi connectivity index (χ2v) is 9.11. The van der Waals surface area contributed by atoms with E-state index in [1.165, 1.54) is 0 Å². The van der Waals surface area contributed by atoms with E-state index in [1.54, 1.807) is 4.90 Å². The van der Waals surface area contributed by atoms with Gasteiger partial charge in [0.15, 0.2) is 0 Å². The molecule has 0 aliphatic carbocycles. The molecule has 1 aromatic carbocycles. The molecule has 1 aromatic rings. The van der Waals surface area contributed by atoms with Crippen LogP contribution >= 0.6 is 15.9 Å². The molecule has 1 amide bonds. The smallest absolute Gasteiger partial charge is 0.410 e. The Labute approximate surface area is 162 Å². The highest BCUT2D eigenvalue weighted by atomic mass is 79.9. The Bertz CT molecular complexity index is 768. The van der Waals surface area contributed by atoms with E-state index in [4.69, 9.17) is 14.5 Å². The normalized spacial score (nSPS) is 23.8. The molecular weight excluding hydrogens is 398 g/mol. The number of nitrogens with zero attached hydrogens (tertiary/aromatic N) is 2. The first-order valence-corrected chi connectivity index (χ1v) is 9.81. The summed E-state index contributed by atoms with van der Waals surface area (Å²) in [6.07, 6.45) is 1.55. The van der Waals surface area contributed by atoms with E-state index < -0.39 is 5.60 Å². The lowest BCUT2D eigenvalue weighted by Crippen LogP contribution is -2.63. The lowest BCUT2D eigenvalue weighted by atomic mass is 9.85. The number of likely N-dealkylation sites (tertiary alicyclic amines) is 1. The molecular formula is C19H24BrN3O3. The number of hydrogen-bond acceptors (Lipinski definition) is 5. The summed E-state index contributed by atoms with van der Waals surface area (Å²) in [5, 5.41) is 3.59. The average Bonchev–Trinajstić information content (AvgIpc) is 3.00. The van der Waals surface area contributed by atoms with Gasteiger partial charge in [0.1, 0.15) is 17.0 Å². The molecule has 1 N–H and O–H groups in total. The Morgan fingerprint density at radius 3 is 2.85 bits per heavy atom. The SMILES string of the molecule is CC(C)(C)OC(=O)N1CCC[C@H]1C1=Nc2cc(Br)ccc2C2(COC2)N1. The molecule has 2 fully saturated rings. The van der Waals surface area contributed by atoms with Crippen molar-refractivity contribution in [3.8, 4) is 0 Å². The maximum absolute atomic E-state index is 12.6. The molecule has 3 aliphatic heterocycles. The molecule has 0 saturated carbocycles. The standard InChI is InChI=1S/C19H24BrN3O3/c1-18(2,3)26-17(24)23-8-4-5-15(23)16-21-14-9-12(20)6-7-13(14)19(22-16)10-25-11-19/h6-7,9,15H,4-5,8,10-11H2,1-3H3,(H,21,22)/t15-/m0/s1. The van der Waals surface area contributed by atoms with Crippen LogP contribution in [0.15, 0.2) is 27.7 Å². The number of carbonyl (C=O) groups is 1. The maximum Gasteiger partial charge on any atom is 0.410 e. The quantitative estimate of drug-likeness (QED) is 0.750. The van der Waals surface area contributed by atoms with Gasteiger partial charge in [-0.3, -0.25) is 4.90 Å². The van der Waals surface area contributed by atoms with Crippen molar-refractivity contribution in [3.05, 3.63) is 28.2 Å². The van der Waals surface area contributed by atoms with Crippen LogP contribution in [-0.4, -0.2) is 48.2 Å². The van der Waals surface area contributed by atoms with Gasteiger partial charge < -0.3 is 14.8 Å². The molecule has 7 heteroatoms. The molecule has 0 aromatic heterocycles. The number of carbonyl (C=O) groups excluding carboxylic acids is 1. The van der Waals surface area contributed by atoms with Gasteiger partial charge >= 0.3 is 6.09 Å². The van der Waals surface area contributed by atoms with Gasteiger partial charge in [-0.05, 0) is 45.7 Å². The highest BCUT2D eigenvalue weighted by Gasteiger charge is 2.47. The van der Waals surface area contributed by atoms with Gasteiger partial charge in [-0.15, -0.1) is 0 Å². The first-order valence-electron chi connectivity index (χ1n) is 9.02. The lowest BCUT2D eigenvalue weighted by Gasteiger charge is -2.47. The fourth-order valence-corrected chi connectivity index (χ4v) is 4.10. The highest BCUT2D eigenvalue weighted by Crippen LogP contribution is 2.41. The first kappa shape index (κ1) is 17.8. The Kier molecular flexibility index (Phi) is 4.27. The summed E-state index contributed by atoms with van der Waals surface area (Å²) in [5.41, 5.74) is 1.34. The molecule has 1 atom stereocenters. The van der Waals surface area contributed by atoms with Crippen LogP contribution in [0.25, 0.3) is 0 Å². The summed E-state index contributed by atoms with van der Waals surface area (Å²) in [5.74, 6) is 0.835. The number of aliphatic imine (C=N–C) groups is 1. The largest absolute Gasteiger partial charge is 0.444 e. The van der Waals surface area contributed by atoms with Gasteiger partial charge in [-0.1, -0.05) is 22.0 Å². The third kappa shape index (κ3) is 3.11. The number of ether oxygens (including phenoxy) is 2. The fourth-order valence-electron chi connectivity index (χ4n) is 3.75. The van der Waals surface area contributed by atoms with Gasteiger partial charge in [0.25, 0.3) is 0 Å². The summed E-state index contributed by atoms with van der Waals surface area (Å²) in [6, 6.07) is 6.07. The van der Waals surface area contributed by atoms with Crippen LogP contribution in [-0.2, 0) is 15.0 Å². The van der Waals surface area contributed by atoms with Crippen molar-refractivity contribution < 1.29 is 14.3 Å². The van der Waals surface area contributed by atoms with Crippen LogP contribution in [0, 0.1) is 0 Å². The average molecular weight is 422 g/mol. The first-order chi connectivity index (χ1) is 12.3. The number of amides is 1. The van der Waals surface area contributed by atoms with E-state index in [2.05, 4.69) is 27.3 Å². The molecule has 1 spiro atoms. The molecule has 0 radical (unpaired) electrons. The maximum atomic E-state index is 12.6. The molecule has 0 bridgehead atoms. The molecule has 140 valence electrons. The van der Waals surface area contributed by atoms with Crippen molar-refractivity contribution in [2.24, 2.45) is 4.99 Å². The van der Waals surface area contributed by atoms with Crippen LogP contribution in [0.5, 0.6) is 0 Å². The monoisotopic (exact) mass is 421 g/mol. The fraction of sp³-hybridized carbons (Fsp3) is 0.579. The summed E-state index contributed by atoms with van der Waals surface area (Å²) in [4.78, 5) is 19.3. The van der Waals surface area contributed by atoms with Crippen molar-refractivity contribution >= 4 is 33.5 Å². The zero-order valence-corrected chi connectivity index (χ0v) is 16.9. The Morgan fingerprint density at radius 1 is 1.42 bits per heavy atom. The summed E-state index contributed by atoms with van der Waals surface area (Å²) < 4.78 is 12.1. The number of halogens is 1. The van der Waals surface area contributed by atoms with Crippen LogP contribution in [0.2, 0.25) is 0 Å². The molecule has 6 nitrogen and oxygen atoms in total. The third-order valence-electron chi connectivity index (χ3n) is 4.98. The second kappa shape index (κ2) is 6.23. The second-order valence-electron chi connectivity index (χ2n) is 8.19. The summed E-state index contributed by atoms with van der Waals surface area (Å²) in [7, 11) is 0. The predicted octanol–water partition coefficient (Wildman–Crippen LogP) is 3.71. The Balaban J connectivity index is 1.65. The van der Waals surface area contributed by atoms with Crippen LogP contribution < -0.4 is 5.32 Å². The van der Waals surface area contributed by atoms with Crippen molar-refractivity contribution in [2.75, 3.05) is 19.8 Å². The Morgan fingerprint density at radius 2 is 2.19 bits per heavy atom. The van der Waals surface area contributed by atoms with Crippen LogP contribution in [0.1, 0.15) is 39.2 Å².